The number of fused-ring (bicyclic) bond motifs is 3. The minimum Gasteiger partial charge on any atom is -0.393 e. The lowest BCUT2D eigenvalue weighted by atomic mass is 9.49. The van der Waals surface area contributed by atoms with E-state index in [9.17, 15) is 10.2 Å². The third-order valence-corrected chi connectivity index (χ3v) is 12.2. The van der Waals surface area contributed by atoms with Gasteiger partial charge in [0, 0.05) is 11.8 Å². The second kappa shape index (κ2) is 7.08. The van der Waals surface area contributed by atoms with E-state index in [1.165, 1.54) is 49.7 Å². The number of ether oxygens (including phenoxy) is 1. The van der Waals surface area contributed by atoms with Crippen LogP contribution in [0.25, 0.3) is 0 Å². The Morgan fingerprint density at radius 2 is 1.75 bits per heavy atom. The minimum absolute atomic E-state index is 0.0207. The molecule has 4 fully saturated rings. The van der Waals surface area contributed by atoms with E-state index < -0.39 is 6.10 Å². The molecule has 180 valence electrons. The molecule has 3 nitrogen and oxygen atoms in total. The molecule has 1 saturated heterocycles. The van der Waals surface area contributed by atoms with Gasteiger partial charge in [-0.25, -0.2) is 0 Å². The Balaban J connectivity index is 1.24. The van der Waals surface area contributed by atoms with E-state index in [4.69, 9.17) is 4.74 Å². The Labute approximate surface area is 195 Å². The summed E-state index contributed by atoms with van der Waals surface area (Å²) in [6.45, 7) is 12.4. The van der Waals surface area contributed by atoms with E-state index in [0.717, 1.165) is 48.9 Å². The van der Waals surface area contributed by atoms with Crippen molar-refractivity contribution in [1.29, 1.82) is 0 Å². The SMILES string of the molecule is C[C@H](CC[C@@H](C)[C@H]1CCC2C3=C(CC[C@@]21C)[C@@]1(C)CC[C@H](O)C[C@@]12O[C@H]2[C@@H]3O)[C@@H]1C[C@H]1C. The molecular formula is C29H46O3. The number of epoxide rings is 1. The average Bonchev–Trinajstić information content (AvgIpc) is 3.63. The molecule has 0 radical (unpaired) electrons. The predicted octanol–water partition coefficient (Wildman–Crippen LogP) is 5.88. The fourth-order valence-electron chi connectivity index (χ4n) is 9.92. The van der Waals surface area contributed by atoms with Crippen LogP contribution in [0, 0.1) is 46.3 Å². The Bertz CT molecular complexity index is 819. The molecule has 1 unspecified atom stereocenters. The van der Waals surface area contributed by atoms with Gasteiger partial charge in [0.25, 0.3) is 0 Å². The van der Waals surface area contributed by atoms with Crippen molar-refractivity contribution < 1.29 is 14.9 Å². The summed E-state index contributed by atoms with van der Waals surface area (Å²) in [4.78, 5) is 0. The van der Waals surface area contributed by atoms with Crippen molar-refractivity contribution in [2.45, 2.75) is 123 Å². The number of aliphatic hydroxyl groups excluding tert-OH is 2. The van der Waals surface area contributed by atoms with Crippen molar-refractivity contribution in [1.82, 2.24) is 0 Å². The second-order valence-electron chi connectivity index (χ2n) is 13.7. The molecule has 6 rings (SSSR count). The first-order valence-corrected chi connectivity index (χ1v) is 13.9. The summed E-state index contributed by atoms with van der Waals surface area (Å²) < 4.78 is 6.35. The summed E-state index contributed by atoms with van der Waals surface area (Å²) in [5.74, 6) is 4.93. The maximum atomic E-state index is 11.5. The number of aliphatic hydroxyl groups is 2. The van der Waals surface area contributed by atoms with Crippen LogP contribution in [-0.4, -0.2) is 34.1 Å². The zero-order valence-electron chi connectivity index (χ0n) is 21.1. The predicted molar refractivity (Wildman–Crippen MR) is 127 cm³/mol. The van der Waals surface area contributed by atoms with Gasteiger partial charge in [-0.05, 0) is 91.4 Å². The summed E-state index contributed by atoms with van der Waals surface area (Å²) >= 11 is 0. The lowest BCUT2D eigenvalue weighted by Gasteiger charge is -2.54. The first-order valence-electron chi connectivity index (χ1n) is 13.9. The summed E-state index contributed by atoms with van der Waals surface area (Å²) in [6.07, 6.45) is 11.0. The molecular weight excluding hydrogens is 396 g/mol. The highest BCUT2D eigenvalue weighted by molar-refractivity contribution is 5.45. The molecule has 3 heteroatoms. The first-order chi connectivity index (χ1) is 15.1. The normalized spacial score (nSPS) is 55.4. The first kappa shape index (κ1) is 22.1. The van der Waals surface area contributed by atoms with Crippen LogP contribution in [0.15, 0.2) is 11.1 Å². The van der Waals surface area contributed by atoms with Crippen LogP contribution in [0.4, 0.5) is 0 Å². The van der Waals surface area contributed by atoms with Crippen LogP contribution in [0.1, 0.15) is 98.8 Å². The van der Waals surface area contributed by atoms with Crippen molar-refractivity contribution in [2.24, 2.45) is 46.3 Å². The van der Waals surface area contributed by atoms with Crippen LogP contribution in [-0.2, 0) is 4.74 Å². The molecule has 1 spiro atoms. The largest absolute Gasteiger partial charge is 0.393 e. The van der Waals surface area contributed by atoms with Crippen molar-refractivity contribution >= 4 is 0 Å². The Hall–Kier alpha value is -0.380. The third-order valence-electron chi connectivity index (χ3n) is 12.2. The highest BCUT2D eigenvalue weighted by Crippen LogP contribution is 2.72. The third kappa shape index (κ3) is 2.83. The zero-order chi connectivity index (χ0) is 22.6. The van der Waals surface area contributed by atoms with Crippen LogP contribution < -0.4 is 0 Å². The van der Waals surface area contributed by atoms with Crippen LogP contribution >= 0.6 is 0 Å². The molecule has 1 heterocycles. The highest BCUT2D eigenvalue weighted by Gasteiger charge is 2.76. The van der Waals surface area contributed by atoms with Crippen molar-refractivity contribution in [3.8, 4) is 0 Å². The molecule has 3 saturated carbocycles. The molecule has 0 aromatic heterocycles. The van der Waals surface area contributed by atoms with E-state index in [0.29, 0.717) is 17.8 Å². The smallest absolute Gasteiger partial charge is 0.118 e. The standard InChI is InChI=1S/C29H46O3/c1-16(20-14-18(20)3)6-7-17(2)21-8-9-22-24-23(11-12-27(21,22)4)28(5)13-10-19(30)15-29(28)26(32-29)25(24)31/h16-22,25-26,30-31H,6-15H2,1-5H3/t16-,17-,18-,19+,20+,21-,22?,25-,26+,27-,28-,29+/m1/s1. The quantitative estimate of drug-likeness (QED) is 0.413. The van der Waals surface area contributed by atoms with Gasteiger partial charge < -0.3 is 14.9 Å². The highest BCUT2D eigenvalue weighted by atomic mass is 16.6. The van der Waals surface area contributed by atoms with Crippen LogP contribution in [0.5, 0.6) is 0 Å². The van der Waals surface area contributed by atoms with Gasteiger partial charge in [-0.3, -0.25) is 0 Å². The van der Waals surface area contributed by atoms with Gasteiger partial charge in [-0.2, -0.15) is 0 Å². The fourth-order valence-corrected chi connectivity index (χ4v) is 9.92. The van der Waals surface area contributed by atoms with Gasteiger partial charge >= 0.3 is 0 Å². The molecule has 6 aliphatic rings. The molecule has 32 heavy (non-hydrogen) atoms. The molecule has 2 N–H and O–H groups in total. The van der Waals surface area contributed by atoms with Gasteiger partial charge in [0.2, 0.25) is 0 Å². The second-order valence-corrected chi connectivity index (χ2v) is 13.7. The van der Waals surface area contributed by atoms with Gasteiger partial charge in [-0.1, -0.05) is 53.0 Å². The molecule has 0 bridgehead atoms. The van der Waals surface area contributed by atoms with Crippen molar-refractivity contribution in [3.05, 3.63) is 11.1 Å². The van der Waals surface area contributed by atoms with Gasteiger partial charge in [0.05, 0.1) is 6.10 Å². The van der Waals surface area contributed by atoms with E-state index in [2.05, 4.69) is 34.6 Å². The van der Waals surface area contributed by atoms with Crippen LogP contribution in [0.3, 0.4) is 0 Å². The monoisotopic (exact) mass is 442 g/mol. The molecule has 12 atom stereocenters. The molecule has 0 amide bonds. The Morgan fingerprint density at radius 1 is 1.03 bits per heavy atom. The molecule has 0 aromatic rings. The summed E-state index contributed by atoms with van der Waals surface area (Å²) in [5, 5.41) is 21.9. The molecule has 0 aromatic carbocycles. The lowest BCUT2D eigenvalue weighted by molar-refractivity contribution is -0.00164. The molecule has 1 aliphatic heterocycles. The maximum absolute atomic E-state index is 11.5. The Morgan fingerprint density at radius 3 is 2.47 bits per heavy atom. The number of rotatable bonds is 5. The summed E-state index contributed by atoms with van der Waals surface area (Å²) in [7, 11) is 0. The van der Waals surface area contributed by atoms with E-state index in [1.54, 1.807) is 0 Å². The summed E-state index contributed by atoms with van der Waals surface area (Å²) in [5.41, 5.74) is 2.99. The van der Waals surface area contributed by atoms with Crippen LogP contribution in [0.2, 0.25) is 0 Å². The zero-order valence-corrected chi connectivity index (χ0v) is 21.1. The number of hydrogen-bond acceptors (Lipinski definition) is 3. The van der Waals surface area contributed by atoms with Gasteiger partial charge in [0.15, 0.2) is 0 Å². The fraction of sp³-hybridized carbons (Fsp3) is 0.931. The molecule has 5 aliphatic carbocycles. The topological polar surface area (TPSA) is 53.0 Å². The summed E-state index contributed by atoms with van der Waals surface area (Å²) in [6, 6.07) is 0. The van der Waals surface area contributed by atoms with E-state index >= 15 is 0 Å². The van der Waals surface area contributed by atoms with Gasteiger partial charge in [-0.15, -0.1) is 0 Å². The van der Waals surface area contributed by atoms with E-state index in [1.807, 2.05) is 0 Å². The average molecular weight is 443 g/mol. The number of hydrogen-bond donors (Lipinski definition) is 2. The van der Waals surface area contributed by atoms with Gasteiger partial charge in [0.1, 0.15) is 17.8 Å². The Kier molecular flexibility index (Phi) is 4.89. The maximum Gasteiger partial charge on any atom is 0.118 e. The lowest BCUT2D eigenvalue weighted by Crippen LogP contribution is -2.55. The van der Waals surface area contributed by atoms with Crippen molar-refractivity contribution in [2.75, 3.05) is 0 Å². The van der Waals surface area contributed by atoms with Crippen molar-refractivity contribution in [3.63, 3.8) is 0 Å². The van der Waals surface area contributed by atoms with E-state index in [-0.39, 0.29) is 23.2 Å². The minimum atomic E-state index is -0.446.